The molecule has 336 valence electrons. The lowest BCUT2D eigenvalue weighted by atomic mass is 9.31. The van der Waals surface area contributed by atoms with Gasteiger partial charge in [-0.1, -0.05) is 144 Å². The van der Waals surface area contributed by atoms with Crippen LogP contribution in [0.25, 0.3) is 0 Å². The van der Waals surface area contributed by atoms with E-state index in [0.717, 1.165) is 49.0 Å². The topological polar surface area (TPSA) is 76.0 Å². The highest BCUT2D eigenvalue weighted by molar-refractivity contribution is 5.80. The molecule has 0 aromatic heterocycles. The Hall–Kier alpha value is -0.750. The second-order valence-corrected chi connectivity index (χ2v) is 22.9. The molecule has 12 atom stereocenters. The lowest BCUT2D eigenvalue weighted by Gasteiger charge is -2.74. The fourth-order valence-electron chi connectivity index (χ4n) is 15.1. The first-order valence-electron chi connectivity index (χ1n) is 25.3. The number of Topliss-reactive ketones (excluding diaryl/α,β-unsaturated/α-hetero) is 1. The van der Waals surface area contributed by atoms with Crippen LogP contribution in [0.2, 0.25) is 0 Å². The third kappa shape index (κ3) is 10.5. The summed E-state index contributed by atoms with van der Waals surface area (Å²) in [6.07, 6.45) is 33.7. The largest absolute Gasteiger partial charge is 0.383 e. The fraction of sp³-hybridized carbons (Fsp3) is 0.943. The predicted molar refractivity (Wildman–Crippen MR) is 242 cm³/mol. The lowest BCUT2D eigenvalue weighted by Crippen LogP contribution is -2.67. The molecule has 0 heterocycles. The van der Waals surface area contributed by atoms with Crippen LogP contribution in [0.1, 0.15) is 229 Å². The molecule has 0 saturated heterocycles. The molecule has 0 amide bonds. The molecule has 5 aliphatic carbocycles. The minimum Gasteiger partial charge on any atom is -0.383 e. The normalized spacial score (nSPS) is 37.6. The van der Waals surface area contributed by atoms with Crippen molar-refractivity contribution in [2.45, 2.75) is 247 Å². The number of hydrogen-bond donors (Lipinski definition) is 2. The van der Waals surface area contributed by atoms with Gasteiger partial charge < -0.3 is 19.7 Å². The quantitative estimate of drug-likeness (QED) is 0.0546. The van der Waals surface area contributed by atoms with E-state index in [1.807, 2.05) is 0 Å². The Morgan fingerprint density at radius 2 is 1.16 bits per heavy atom. The van der Waals surface area contributed by atoms with Gasteiger partial charge in [0.1, 0.15) is 6.10 Å². The maximum Gasteiger partial charge on any atom is 0.160 e. The summed E-state index contributed by atoms with van der Waals surface area (Å²) in [4.78, 5) is 11.0. The summed E-state index contributed by atoms with van der Waals surface area (Å²) in [5.74, 6) is 3.77. The maximum atomic E-state index is 11.0. The summed E-state index contributed by atoms with van der Waals surface area (Å²) in [6, 6.07) is 0. The van der Waals surface area contributed by atoms with Crippen molar-refractivity contribution >= 4 is 5.78 Å². The average molecular weight is 811 g/mol. The molecule has 5 nitrogen and oxygen atoms in total. The number of allylic oxidation sites excluding steroid dienone is 1. The van der Waals surface area contributed by atoms with Gasteiger partial charge in [-0.3, -0.25) is 4.79 Å². The molecule has 0 aromatic rings. The van der Waals surface area contributed by atoms with Gasteiger partial charge in [0.25, 0.3) is 0 Å². The highest BCUT2D eigenvalue weighted by Crippen LogP contribution is 2.78. The highest BCUT2D eigenvalue weighted by Gasteiger charge is 2.71. The molecule has 5 saturated carbocycles. The van der Waals surface area contributed by atoms with Crippen LogP contribution >= 0.6 is 0 Å². The van der Waals surface area contributed by atoms with E-state index in [1.54, 1.807) is 0 Å². The van der Waals surface area contributed by atoms with E-state index in [9.17, 15) is 15.0 Å². The number of carbonyl (C=O) groups is 1. The molecular weight excluding hydrogens is 717 g/mol. The van der Waals surface area contributed by atoms with Gasteiger partial charge >= 0.3 is 0 Å². The Morgan fingerprint density at radius 3 is 1.72 bits per heavy atom. The molecule has 0 spiro atoms. The summed E-state index contributed by atoms with van der Waals surface area (Å²) < 4.78 is 12.0. The highest BCUT2D eigenvalue weighted by atomic mass is 16.6. The molecule has 58 heavy (non-hydrogen) atoms. The molecule has 5 heteroatoms. The van der Waals surface area contributed by atoms with Crippen molar-refractivity contribution in [1.82, 2.24) is 0 Å². The van der Waals surface area contributed by atoms with Gasteiger partial charge in [0.2, 0.25) is 0 Å². The van der Waals surface area contributed by atoms with Crippen molar-refractivity contribution in [3.05, 3.63) is 12.2 Å². The van der Waals surface area contributed by atoms with Crippen LogP contribution < -0.4 is 0 Å². The van der Waals surface area contributed by atoms with E-state index in [1.165, 1.54) is 167 Å². The number of rotatable bonds is 25. The van der Waals surface area contributed by atoms with E-state index in [4.69, 9.17) is 9.47 Å². The van der Waals surface area contributed by atoms with Crippen LogP contribution in [0.4, 0.5) is 0 Å². The number of aliphatic hydroxyl groups is 2. The van der Waals surface area contributed by atoms with Crippen molar-refractivity contribution in [1.29, 1.82) is 0 Å². The van der Waals surface area contributed by atoms with Crippen LogP contribution in [0.3, 0.4) is 0 Å². The lowest BCUT2D eigenvalue weighted by molar-refractivity contribution is -0.260. The number of ether oxygens (including phenoxy) is 2. The zero-order valence-electron chi connectivity index (χ0n) is 39.5. The monoisotopic (exact) mass is 811 g/mol. The fourth-order valence-corrected chi connectivity index (χ4v) is 15.1. The summed E-state index contributed by atoms with van der Waals surface area (Å²) in [7, 11) is 0. The van der Waals surface area contributed by atoms with Gasteiger partial charge in [-0.05, 0) is 154 Å². The summed E-state index contributed by atoms with van der Waals surface area (Å²) in [6.45, 7) is 25.3. The van der Waals surface area contributed by atoms with Gasteiger partial charge in [0, 0.05) is 6.61 Å². The molecule has 5 fully saturated rings. The maximum absolute atomic E-state index is 11.0. The van der Waals surface area contributed by atoms with E-state index >= 15 is 0 Å². The first kappa shape index (κ1) is 48.3. The number of ketones is 1. The van der Waals surface area contributed by atoms with Crippen molar-refractivity contribution in [2.24, 2.45) is 56.7 Å². The molecule has 5 rings (SSSR count). The van der Waals surface area contributed by atoms with Crippen LogP contribution in [0, 0.1) is 56.7 Å². The van der Waals surface area contributed by atoms with Crippen molar-refractivity contribution in [2.75, 3.05) is 13.2 Å². The summed E-state index contributed by atoms with van der Waals surface area (Å²) in [5, 5.41) is 19.3. The molecule has 2 N–H and O–H groups in total. The van der Waals surface area contributed by atoms with Crippen molar-refractivity contribution in [3.8, 4) is 0 Å². The molecule has 0 radical (unpaired) electrons. The number of hydrogen-bond acceptors (Lipinski definition) is 5. The number of carbonyl (C=O) groups excluding carboxylic acids is 1. The Kier molecular flexibility index (Phi) is 17.5. The molecule has 0 bridgehead atoms. The van der Waals surface area contributed by atoms with E-state index in [2.05, 4.69) is 55.0 Å². The van der Waals surface area contributed by atoms with Gasteiger partial charge in [0.15, 0.2) is 12.1 Å². The van der Waals surface area contributed by atoms with Crippen LogP contribution in [0.15, 0.2) is 12.2 Å². The number of aliphatic hydroxyl groups excluding tert-OH is 2. The Bertz CT molecular complexity index is 1290. The Labute approximate surface area is 358 Å². The third-order valence-electron chi connectivity index (χ3n) is 19.2. The molecule has 0 aromatic carbocycles. The molecule has 5 aliphatic rings. The van der Waals surface area contributed by atoms with Crippen molar-refractivity contribution in [3.63, 3.8) is 0 Å². The van der Waals surface area contributed by atoms with Crippen LogP contribution in [-0.2, 0) is 14.3 Å². The average Bonchev–Trinajstić information content (AvgIpc) is 3.53. The zero-order valence-corrected chi connectivity index (χ0v) is 39.5. The second-order valence-electron chi connectivity index (χ2n) is 22.9. The van der Waals surface area contributed by atoms with Crippen LogP contribution in [0.5, 0.6) is 0 Å². The first-order valence-corrected chi connectivity index (χ1v) is 25.3. The zero-order chi connectivity index (χ0) is 42.2. The minimum atomic E-state index is -1.13. The molecule has 0 unspecified atom stereocenters. The molecule has 0 aliphatic heterocycles. The minimum absolute atomic E-state index is 0.121. The van der Waals surface area contributed by atoms with Gasteiger partial charge in [-0.15, -0.1) is 0 Å². The second kappa shape index (κ2) is 21.1. The van der Waals surface area contributed by atoms with E-state index in [0.29, 0.717) is 34.2 Å². The van der Waals surface area contributed by atoms with Gasteiger partial charge in [0.05, 0.1) is 12.7 Å². The Morgan fingerprint density at radius 1 is 0.621 bits per heavy atom. The van der Waals surface area contributed by atoms with E-state index in [-0.39, 0.29) is 17.8 Å². The number of fused-ring (bicyclic) bond motifs is 7. The SMILES string of the molecule is C=C(C)[C@@H]1CC[C@]2(C)CC[C@]3(C)[C@H](CC[C@@]4(C)[C@@H]5CC[C@H](OCCCCCCCCCCCCCCCCCC[C@H](O)OC[C@@H](O)C(C)=O)C(C)(C)[C@H]5CC[C@]43C)[C@H]12. The van der Waals surface area contributed by atoms with E-state index < -0.39 is 12.4 Å². The standard InChI is InChI=1S/C53H94O5/c1-39(2)41-29-32-50(6)35-36-52(8)44(48(41)50)30-33-51(7)43-27-28-46(49(4,5)42(43)31-34-53(51,52)9)57-37-25-23-21-19-17-15-13-11-10-12-14-16-18-20-22-24-26-47(56)58-38-45(55)40(3)54/h41-48,55-56H,1,10-38H2,2-9H3/t41-,42-,43+,44+,45+,46-,47+,48-,50+,51-,52+,53+/m0/s1. The first-order chi connectivity index (χ1) is 27.5. The summed E-state index contributed by atoms with van der Waals surface area (Å²) in [5.41, 5.74) is 3.59. The van der Waals surface area contributed by atoms with Gasteiger partial charge in [-0.25, -0.2) is 0 Å². The molecular formula is C53H94O5. The van der Waals surface area contributed by atoms with Gasteiger partial charge in [-0.2, -0.15) is 0 Å². The van der Waals surface area contributed by atoms with Crippen LogP contribution in [-0.4, -0.2) is 47.7 Å². The smallest absolute Gasteiger partial charge is 0.160 e. The predicted octanol–water partition coefficient (Wildman–Crippen LogP) is 14.0. The van der Waals surface area contributed by atoms with Crippen molar-refractivity contribution < 1.29 is 24.5 Å². The summed E-state index contributed by atoms with van der Waals surface area (Å²) >= 11 is 0. The third-order valence-corrected chi connectivity index (χ3v) is 19.2. The Balaban J connectivity index is 0.899. The number of unbranched alkanes of at least 4 members (excludes halogenated alkanes) is 15.